The van der Waals surface area contributed by atoms with Gasteiger partial charge in [0.2, 0.25) is 11.8 Å². The first-order chi connectivity index (χ1) is 46.4. The maximum Gasteiger partial charge on any atom is 0.364 e. The fraction of sp³-hybridized carbons (Fsp3) is 0.932. The van der Waals surface area contributed by atoms with E-state index in [4.69, 9.17) is 28.4 Å². The van der Waals surface area contributed by atoms with E-state index in [0.29, 0.717) is 12.8 Å². The van der Waals surface area contributed by atoms with Crippen LogP contribution >= 0.6 is 0 Å². The normalized spacial score (nSPS) is 27.6. The van der Waals surface area contributed by atoms with Crippen molar-refractivity contribution in [2.24, 2.45) is 0 Å². The maximum absolute atomic E-state index is 13.5. The third-order valence-electron chi connectivity index (χ3n) is 19.5. The summed E-state index contributed by atoms with van der Waals surface area (Å²) in [6.45, 7) is 2.18. The number of carbonyl (C=O) groups is 3. The van der Waals surface area contributed by atoms with Crippen LogP contribution in [0, 0.1) is 0 Å². The molecule has 3 aliphatic rings. The SMILES string of the molecule is CCCCCCCCCCCCCCCCCCC/C=C/C(O)C(COC1OC(CO)C(OC2OC(CO)C(O)C(OC3(C(=O)O)CC(O)C(NC(C)=O)C(C(O)C(O)CO)O3)C2O)C(O)C1O)NC(=O)CCCCCCCCCCCCCCCCCCCCCCCCC. The van der Waals surface area contributed by atoms with Crippen LogP contribution in [0.4, 0.5) is 0 Å². The summed E-state index contributed by atoms with van der Waals surface area (Å²) in [5.41, 5.74) is 0. The Morgan fingerprint density at radius 1 is 0.542 bits per heavy atom. The lowest BCUT2D eigenvalue weighted by molar-refractivity contribution is -0.386. The average molecular weight is 1380 g/mol. The molecule has 564 valence electrons. The van der Waals surface area contributed by atoms with Crippen molar-refractivity contribution >= 4 is 17.8 Å². The zero-order valence-electron chi connectivity index (χ0n) is 59.2. The van der Waals surface area contributed by atoms with Crippen LogP contribution in [0.3, 0.4) is 0 Å². The molecular formula is C73H136N2O21. The number of carbonyl (C=O) groups excluding carboxylic acids is 2. The predicted molar refractivity (Wildman–Crippen MR) is 366 cm³/mol. The summed E-state index contributed by atoms with van der Waals surface area (Å²) >= 11 is 0. The number of carboxylic acids is 1. The second kappa shape index (κ2) is 53.3. The Morgan fingerprint density at radius 2 is 0.969 bits per heavy atom. The lowest BCUT2D eigenvalue weighted by atomic mass is 9.88. The van der Waals surface area contributed by atoms with E-state index in [9.17, 15) is 75.7 Å². The molecule has 0 bridgehead atoms. The van der Waals surface area contributed by atoms with Crippen LogP contribution in [0.5, 0.6) is 0 Å². The Bertz CT molecular complexity index is 1980. The number of unbranched alkanes of at least 4 members (excludes halogenated alkanes) is 39. The van der Waals surface area contributed by atoms with Crippen molar-refractivity contribution in [2.75, 3.05) is 26.4 Å². The first-order valence-corrected chi connectivity index (χ1v) is 38.1. The van der Waals surface area contributed by atoms with E-state index < -0.39 is 155 Å². The zero-order chi connectivity index (χ0) is 70.4. The van der Waals surface area contributed by atoms with Crippen molar-refractivity contribution in [1.82, 2.24) is 10.6 Å². The van der Waals surface area contributed by atoms with Crippen LogP contribution in [0.1, 0.15) is 297 Å². The molecule has 3 fully saturated rings. The Kier molecular flexibility index (Phi) is 48.7. The third-order valence-corrected chi connectivity index (χ3v) is 19.5. The Hall–Kier alpha value is -2.53. The molecule has 3 saturated heterocycles. The fourth-order valence-electron chi connectivity index (χ4n) is 13.4. The molecule has 3 rings (SSSR count). The first-order valence-electron chi connectivity index (χ1n) is 38.1. The second-order valence-electron chi connectivity index (χ2n) is 27.9. The lowest BCUT2D eigenvalue weighted by Gasteiger charge is -2.50. The summed E-state index contributed by atoms with van der Waals surface area (Å²) in [7, 11) is 0. The number of aliphatic hydroxyl groups excluding tert-OH is 11. The van der Waals surface area contributed by atoms with Crippen molar-refractivity contribution in [3.63, 3.8) is 0 Å². The molecule has 23 heteroatoms. The number of nitrogens with one attached hydrogen (secondary N) is 2. The molecule has 18 unspecified atom stereocenters. The molecule has 0 aromatic rings. The van der Waals surface area contributed by atoms with Crippen LogP contribution in [-0.2, 0) is 42.8 Å². The van der Waals surface area contributed by atoms with Gasteiger partial charge in [-0.1, -0.05) is 270 Å². The van der Waals surface area contributed by atoms with Gasteiger partial charge < -0.3 is 100 Å². The highest BCUT2D eigenvalue weighted by Gasteiger charge is 2.60. The number of aliphatic carboxylic acids is 1. The van der Waals surface area contributed by atoms with Gasteiger partial charge in [-0.25, -0.2) is 4.79 Å². The van der Waals surface area contributed by atoms with Crippen LogP contribution in [0.25, 0.3) is 0 Å². The van der Waals surface area contributed by atoms with Gasteiger partial charge in [0.1, 0.15) is 67.1 Å². The molecule has 0 radical (unpaired) electrons. The Balaban J connectivity index is 1.55. The van der Waals surface area contributed by atoms with Crippen molar-refractivity contribution < 1.29 is 104 Å². The molecular weight excluding hydrogens is 1240 g/mol. The number of carboxylic acid groups (broad SMARTS) is 1. The van der Waals surface area contributed by atoms with E-state index in [1.54, 1.807) is 6.08 Å². The van der Waals surface area contributed by atoms with Gasteiger partial charge >= 0.3 is 5.97 Å². The van der Waals surface area contributed by atoms with Gasteiger partial charge in [-0.05, 0) is 19.3 Å². The average Bonchev–Trinajstić information content (AvgIpc) is 0.758. The molecule has 0 aromatic carbocycles. The van der Waals surface area contributed by atoms with Crippen LogP contribution in [-0.4, -0.2) is 215 Å². The minimum absolute atomic E-state index is 0.206. The topological polar surface area (TPSA) is 373 Å². The maximum atomic E-state index is 13.5. The highest BCUT2D eigenvalue weighted by atomic mass is 16.8. The van der Waals surface area contributed by atoms with E-state index >= 15 is 0 Å². The van der Waals surface area contributed by atoms with Gasteiger partial charge in [0.25, 0.3) is 5.79 Å². The second-order valence-corrected chi connectivity index (χ2v) is 27.9. The molecule has 23 nitrogen and oxygen atoms in total. The van der Waals surface area contributed by atoms with Gasteiger partial charge in [0.05, 0.1) is 50.7 Å². The molecule has 2 amide bonds. The Morgan fingerprint density at radius 3 is 1.39 bits per heavy atom. The molecule has 0 spiro atoms. The number of ether oxygens (including phenoxy) is 6. The quantitative estimate of drug-likeness (QED) is 0.0200. The van der Waals surface area contributed by atoms with Gasteiger partial charge in [-0.15, -0.1) is 0 Å². The number of rotatable bonds is 59. The summed E-state index contributed by atoms with van der Waals surface area (Å²) in [6.07, 6.45) is 25.3. The third kappa shape index (κ3) is 34.4. The molecule has 14 N–H and O–H groups in total. The lowest BCUT2D eigenvalue weighted by Crippen LogP contribution is -2.70. The van der Waals surface area contributed by atoms with Gasteiger partial charge in [-0.2, -0.15) is 0 Å². The monoisotopic (exact) mass is 1380 g/mol. The summed E-state index contributed by atoms with van der Waals surface area (Å²) in [4.78, 5) is 38.6. The summed E-state index contributed by atoms with van der Waals surface area (Å²) < 4.78 is 34.9. The summed E-state index contributed by atoms with van der Waals surface area (Å²) in [6, 6.07) is -2.61. The predicted octanol–water partition coefficient (Wildman–Crippen LogP) is 8.63. The molecule has 96 heavy (non-hydrogen) atoms. The van der Waals surface area contributed by atoms with E-state index in [1.165, 1.54) is 205 Å². The molecule has 3 heterocycles. The first kappa shape index (κ1) is 87.7. The van der Waals surface area contributed by atoms with Gasteiger partial charge in [0, 0.05) is 19.8 Å². The van der Waals surface area contributed by atoms with Crippen molar-refractivity contribution in [3.8, 4) is 0 Å². The van der Waals surface area contributed by atoms with Crippen LogP contribution in [0.15, 0.2) is 12.2 Å². The molecule has 0 saturated carbocycles. The molecule has 18 atom stereocenters. The summed E-state index contributed by atoms with van der Waals surface area (Å²) in [5.74, 6) is -6.13. The van der Waals surface area contributed by atoms with Crippen LogP contribution in [0.2, 0.25) is 0 Å². The van der Waals surface area contributed by atoms with Gasteiger partial charge in [-0.3, -0.25) is 9.59 Å². The number of hydrogen-bond donors (Lipinski definition) is 14. The number of hydrogen-bond acceptors (Lipinski definition) is 20. The minimum atomic E-state index is -3.08. The largest absolute Gasteiger partial charge is 0.477 e. The highest BCUT2D eigenvalue weighted by Crippen LogP contribution is 2.39. The standard InChI is InChI=1S/C73H136N2O21/c1-4-6-8-10-12-14-16-18-20-22-24-25-26-27-29-31-33-35-37-39-41-43-45-47-60(83)75-54(55(80)46-44-42-40-38-36-34-32-30-28-23-21-19-17-15-13-11-9-7-5-2)52-91-70-65(87)64(86)67(59(51-78)93-70)94-71-66(88)69(63(85)58(50-77)92-71)96-73(72(89)90)48-56(81)61(74-53(3)79)68(95-73)62(84)57(82)49-76/h44,46,54-59,61-71,76-78,80-82,84-88H,4-43,45,47-52H2,1-3H3,(H,74,79)(H,75,83)(H,89,90)/b46-44+. The van der Waals surface area contributed by atoms with E-state index in [0.717, 1.165) is 51.9 Å². The number of amides is 2. The van der Waals surface area contributed by atoms with E-state index in [1.807, 2.05) is 6.08 Å². The van der Waals surface area contributed by atoms with Crippen molar-refractivity contribution in [2.45, 2.75) is 407 Å². The van der Waals surface area contributed by atoms with Gasteiger partial charge in [0.15, 0.2) is 12.6 Å². The zero-order valence-corrected chi connectivity index (χ0v) is 59.2. The Labute approximate surface area is 575 Å². The number of aliphatic hydroxyl groups is 11. The fourth-order valence-corrected chi connectivity index (χ4v) is 13.4. The highest BCUT2D eigenvalue weighted by molar-refractivity contribution is 5.77. The smallest absolute Gasteiger partial charge is 0.364 e. The molecule has 0 aliphatic carbocycles. The van der Waals surface area contributed by atoms with E-state index in [2.05, 4.69) is 24.5 Å². The van der Waals surface area contributed by atoms with Crippen molar-refractivity contribution in [3.05, 3.63) is 12.2 Å². The van der Waals surface area contributed by atoms with Crippen molar-refractivity contribution in [1.29, 1.82) is 0 Å². The van der Waals surface area contributed by atoms with E-state index in [-0.39, 0.29) is 12.3 Å². The minimum Gasteiger partial charge on any atom is -0.477 e. The molecule has 3 aliphatic heterocycles. The number of allylic oxidation sites excluding steroid dienone is 1. The molecule has 0 aromatic heterocycles. The van der Waals surface area contributed by atoms with Crippen LogP contribution < -0.4 is 10.6 Å². The summed E-state index contributed by atoms with van der Waals surface area (Å²) in [5, 5.41) is 136.